The van der Waals surface area contributed by atoms with Gasteiger partial charge in [-0.2, -0.15) is 0 Å². The van der Waals surface area contributed by atoms with Gasteiger partial charge < -0.3 is 4.74 Å². The molecule has 0 N–H and O–H groups in total. The van der Waals surface area contributed by atoms with E-state index in [-0.39, 0.29) is 34.7 Å². The number of Topliss-reactive ketones (excluding diaryl/α,β-unsaturated/α-hetero) is 1. The number of rotatable bonds is 2. The molecular weight excluding hydrogens is 391 g/mol. The molecular formula is C22H21FN2O3S. The Bertz CT molecular complexity index is 1020. The number of carbonyl (C=O) groups is 2. The maximum absolute atomic E-state index is 14.8. The van der Waals surface area contributed by atoms with Crippen LogP contribution in [0.1, 0.15) is 38.3 Å². The van der Waals surface area contributed by atoms with E-state index in [1.54, 1.807) is 29.8 Å². The van der Waals surface area contributed by atoms with E-state index in [4.69, 9.17) is 4.74 Å². The van der Waals surface area contributed by atoms with E-state index in [2.05, 4.69) is 18.8 Å². The van der Waals surface area contributed by atoms with Crippen LogP contribution in [0.15, 0.2) is 47.2 Å². The van der Waals surface area contributed by atoms with E-state index in [9.17, 15) is 14.0 Å². The Kier molecular flexibility index (Phi) is 4.31. The van der Waals surface area contributed by atoms with Crippen LogP contribution in [-0.4, -0.2) is 22.8 Å². The van der Waals surface area contributed by atoms with Crippen molar-refractivity contribution in [2.24, 2.45) is 17.8 Å². The zero-order valence-corrected chi connectivity index (χ0v) is 17.0. The molecule has 3 aliphatic rings. The van der Waals surface area contributed by atoms with Gasteiger partial charge in [0.05, 0.1) is 11.5 Å². The minimum Gasteiger partial charge on any atom is -0.483 e. The van der Waals surface area contributed by atoms with E-state index in [0.717, 1.165) is 12.8 Å². The van der Waals surface area contributed by atoms with Crippen molar-refractivity contribution in [2.75, 3.05) is 4.90 Å². The number of halogens is 1. The van der Waals surface area contributed by atoms with Gasteiger partial charge in [-0.25, -0.2) is 9.37 Å². The average Bonchev–Trinajstić information content (AvgIpc) is 3.31. The highest BCUT2D eigenvalue weighted by Gasteiger charge is 2.54. The maximum atomic E-state index is 14.8. The molecule has 5 rings (SSSR count). The highest BCUT2D eigenvalue weighted by molar-refractivity contribution is 7.13. The number of ether oxygens (including phenoxy) is 1. The van der Waals surface area contributed by atoms with Gasteiger partial charge in [0.15, 0.2) is 16.7 Å². The van der Waals surface area contributed by atoms with E-state index < -0.39 is 17.8 Å². The fourth-order valence-corrected chi connectivity index (χ4v) is 5.45. The number of thiazole rings is 1. The van der Waals surface area contributed by atoms with Gasteiger partial charge in [-0.1, -0.05) is 32.0 Å². The molecule has 0 bridgehead atoms. The predicted molar refractivity (Wildman–Crippen MR) is 107 cm³/mol. The van der Waals surface area contributed by atoms with E-state index in [1.807, 2.05) is 0 Å². The summed E-state index contributed by atoms with van der Waals surface area (Å²) in [5.41, 5.74) is 0.562. The molecule has 0 spiro atoms. The van der Waals surface area contributed by atoms with Gasteiger partial charge in [0.2, 0.25) is 0 Å². The van der Waals surface area contributed by atoms with Crippen LogP contribution in [0, 0.1) is 23.6 Å². The SMILES string of the molecule is CC1CC2OC3=C(C(=O)C2CC1C)C(c1ccccc1F)N(c1nccs1)C3=O. The number of aromatic nitrogens is 1. The highest BCUT2D eigenvalue weighted by Crippen LogP contribution is 2.50. The fraction of sp³-hybridized carbons (Fsp3) is 0.409. The second kappa shape index (κ2) is 6.76. The molecule has 29 heavy (non-hydrogen) atoms. The Morgan fingerprint density at radius 3 is 2.66 bits per heavy atom. The van der Waals surface area contributed by atoms with Crippen molar-refractivity contribution in [2.45, 2.75) is 38.8 Å². The monoisotopic (exact) mass is 412 g/mol. The normalized spacial score (nSPS) is 31.6. The van der Waals surface area contributed by atoms with Gasteiger partial charge in [0.25, 0.3) is 5.91 Å². The summed E-state index contributed by atoms with van der Waals surface area (Å²) in [6, 6.07) is 5.42. The van der Waals surface area contributed by atoms with Gasteiger partial charge in [-0.3, -0.25) is 14.5 Å². The van der Waals surface area contributed by atoms with Gasteiger partial charge in [0.1, 0.15) is 18.0 Å². The summed E-state index contributed by atoms with van der Waals surface area (Å²) in [5, 5.41) is 2.18. The number of nitrogens with zero attached hydrogens (tertiary/aromatic N) is 2. The lowest BCUT2D eigenvalue weighted by atomic mass is 9.70. The smallest absolute Gasteiger partial charge is 0.296 e. The number of ketones is 1. The van der Waals surface area contributed by atoms with Crippen LogP contribution in [0.2, 0.25) is 0 Å². The summed E-state index contributed by atoms with van der Waals surface area (Å²) in [7, 11) is 0. The van der Waals surface area contributed by atoms with Gasteiger partial charge in [0, 0.05) is 17.1 Å². The molecule has 2 aromatic rings. The Morgan fingerprint density at radius 2 is 1.93 bits per heavy atom. The second-order valence-corrected chi connectivity index (χ2v) is 9.08. The van der Waals surface area contributed by atoms with Crippen molar-refractivity contribution in [1.82, 2.24) is 4.98 Å². The van der Waals surface area contributed by atoms with E-state index in [0.29, 0.717) is 17.0 Å². The fourth-order valence-electron chi connectivity index (χ4n) is 4.78. The first kappa shape index (κ1) is 18.5. The topological polar surface area (TPSA) is 59.5 Å². The molecule has 1 saturated carbocycles. The lowest BCUT2D eigenvalue weighted by Gasteiger charge is -2.40. The minimum absolute atomic E-state index is 0.0708. The van der Waals surface area contributed by atoms with Crippen molar-refractivity contribution in [3.05, 3.63) is 58.6 Å². The van der Waals surface area contributed by atoms with Crippen LogP contribution in [0.3, 0.4) is 0 Å². The summed E-state index contributed by atoms with van der Waals surface area (Å²) in [4.78, 5) is 32.6. The number of carbonyl (C=O) groups excluding carboxylic acids is 2. The first-order valence-electron chi connectivity index (χ1n) is 9.90. The first-order chi connectivity index (χ1) is 14.0. The largest absolute Gasteiger partial charge is 0.483 e. The van der Waals surface area contributed by atoms with Crippen LogP contribution < -0.4 is 4.90 Å². The number of fused-ring (bicyclic) bond motifs is 1. The predicted octanol–water partition coefficient (Wildman–Crippen LogP) is 4.27. The van der Waals surface area contributed by atoms with Crippen LogP contribution in [-0.2, 0) is 14.3 Å². The first-order valence-corrected chi connectivity index (χ1v) is 10.8. The van der Waals surface area contributed by atoms with Crippen LogP contribution in [0.4, 0.5) is 9.52 Å². The molecule has 150 valence electrons. The Labute approximate surface area is 172 Å². The van der Waals surface area contributed by atoms with E-state index in [1.165, 1.54) is 22.3 Å². The van der Waals surface area contributed by atoms with Gasteiger partial charge in [-0.05, 0) is 30.7 Å². The molecule has 5 unspecified atom stereocenters. The summed E-state index contributed by atoms with van der Waals surface area (Å²) in [6.45, 7) is 4.30. The number of hydrogen-bond donors (Lipinski definition) is 0. The molecule has 0 radical (unpaired) electrons. The van der Waals surface area contributed by atoms with E-state index >= 15 is 0 Å². The quantitative estimate of drug-likeness (QED) is 0.739. The number of hydrogen-bond acceptors (Lipinski definition) is 5. The molecule has 1 amide bonds. The van der Waals surface area contributed by atoms with Crippen molar-refractivity contribution in [3.63, 3.8) is 0 Å². The zero-order valence-electron chi connectivity index (χ0n) is 16.2. The second-order valence-electron chi connectivity index (χ2n) is 8.21. The molecule has 3 heterocycles. The van der Waals surface area contributed by atoms with Crippen LogP contribution in [0.5, 0.6) is 0 Å². The third-order valence-corrected chi connectivity index (χ3v) is 7.31. The molecule has 5 atom stereocenters. The standard InChI is InChI=1S/C22H21FN2O3S/c1-11-9-14-16(10-12(11)2)28-20-17(19(14)26)18(13-5-3-4-6-15(13)23)25(21(20)27)22-24-7-8-29-22/h3-8,11-12,14,16,18H,9-10H2,1-2H3. The van der Waals surface area contributed by atoms with Crippen molar-refractivity contribution >= 4 is 28.2 Å². The highest BCUT2D eigenvalue weighted by atomic mass is 32.1. The Morgan fingerprint density at radius 1 is 1.17 bits per heavy atom. The average molecular weight is 412 g/mol. The minimum atomic E-state index is -0.854. The number of benzene rings is 1. The van der Waals surface area contributed by atoms with Crippen LogP contribution >= 0.6 is 11.3 Å². The Hall–Kier alpha value is -2.54. The summed E-state index contributed by atoms with van der Waals surface area (Å²) in [5.74, 6) is -0.372. The third-order valence-electron chi connectivity index (χ3n) is 6.54. The van der Waals surface area contributed by atoms with Crippen molar-refractivity contribution in [1.29, 1.82) is 0 Å². The lowest BCUT2D eigenvalue weighted by molar-refractivity contribution is -0.134. The molecule has 1 aromatic carbocycles. The third kappa shape index (κ3) is 2.74. The lowest BCUT2D eigenvalue weighted by Crippen LogP contribution is -2.43. The van der Waals surface area contributed by atoms with Crippen molar-refractivity contribution in [3.8, 4) is 0 Å². The summed E-state index contributed by atoms with van der Waals surface area (Å²) >= 11 is 1.28. The maximum Gasteiger partial charge on any atom is 0.296 e. The summed E-state index contributed by atoms with van der Waals surface area (Å²) < 4.78 is 20.9. The molecule has 1 aromatic heterocycles. The Balaban J connectivity index is 1.65. The molecule has 0 saturated heterocycles. The molecule has 7 heteroatoms. The zero-order chi connectivity index (χ0) is 20.3. The van der Waals surface area contributed by atoms with Crippen LogP contribution in [0.25, 0.3) is 0 Å². The number of amides is 1. The van der Waals surface area contributed by atoms with Crippen molar-refractivity contribution < 1.29 is 18.7 Å². The molecule has 1 fully saturated rings. The number of anilines is 1. The molecule has 1 aliphatic carbocycles. The van der Waals surface area contributed by atoms with Gasteiger partial charge >= 0.3 is 0 Å². The summed E-state index contributed by atoms with van der Waals surface area (Å²) in [6.07, 6.45) is 2.75. The van der Waals surface area contributed by atoms with Gasteiger partial charge in [-0.15, -0.1) is 11.3 Å². The molecule has 2 aliphatic heterocycles. The molecule has 5 nitrogen and oxygen atoms in total.